The van der Waals surface area contributed by atoms with E-state index in [1.165, 1.54) is 16.2 Å². The molecule has 4 aliphatic rings. The first-order valence-electron chi connectivity index (χ1n) is 17.6. The molecule has 0 bridgehead atoms. The van der Waals surface area contributed by atoms with E-state index >= 15 is 0 Å². The van der Waals surface area contributed by atoms with Crippen molar-refractivity contribution in [3.05, 3.63) is 102 Å². The summed E-state index contributed by atoms with van der Waals surface area (Å²) in [4.78, 5) is 39.8. The number of aromatic nitrogens is 4. The standard InChI is InChI=1S/C17H19N2O7PS.C17H19N2O6PS.CH3F/c1-22-13-4-2-3-11-9-23-27(21,26-16(11)13)24-10-12-5-6-15(25-12)19-8-7-14(28)18-17(19)20;1-21-13-4-2-3-11-9-22-26(25-16(11)13)23-10-12-5-6-15(24-12)19-8-7-14(27)18-17(19)20;1-2/h2-4,7-8,12,15,21H,5-6,9-10H2,1H3;2-4,7-8,12,15H,5-6,9-10H2,1H3,(H,18,20,27);1H3/p+1. The second-order valence-electron chi connectivity index (χ2n) is 12.5. The van der Waals surface area contributed by atoms with Gasteiger partial charge in [0.2, 0.25) is 5.75 Å². The molecule has 2 fully saturated rings. The van der Waals surface area contributed by atoms with Crippen LogP contribution >= 0.6 is 41.2 Å². The van der Waals surface area contributed by atoms with E-state index in [2.05, 4.69) is 9.97 Å². The molecule has 2 saturated heterocycles. The van der Waals surface area contributed by atoms with Crippen LogP contribution in [0.15, 0.2) is 70.5 Å². The number of para-hydroxylation sites is 2. The van der Waals surface area contributed by atoms with Gasteiger partial charge in [0.15, 0.2) is 17.2 Å². The van der Waals surface area contributed by atoms with Crippen LogP contribution < -0.4 is 29.9 Å². The Morgan fingerprint density at radius 3 is 1.91 bits per heavy atom. The Morgan fingerprint density at radius 1 is 0.807 bits per heavy atom. The number of nitrogens with one attached hydrogen (secondary N) is 2. The van der Waals surface area contributed by atoms with Crippen LogP contribution in [-0.4, -0.2) is 70.8 Å². The highest BCUT2D eigenvalue weighted by molar-refractivity contribution is 7.71. The van der Waals surface area contributed by atoms with Gasteiger partial charge in [-0.15, -0.1) is 9.05 Å². The normalized spacial score (nSPS) is 24.6. The molecule has 3 N–H and O–H groups in total. The molecule has 6 atom stereocenters. The van der Waals surface area contributed by atoms with E-state index in [0.29, 0.717) is 65.5 Å². The van der Waals surface area contributed by atoms with Gasteiger partial charge < -0.3 is 23.5 Å². The van der Waals surface area contributed by atoms with E-state index in [1.807, 2.05) is 30.3 Å². The molecule has 4 aromatic rings. The van der Waals surface area contributed by atoms with Crippen molar-refractivity contribution in [2.24, 2.45) is 0 Å². The zero-order chi connectivity index (χ0) is 40.5. The van der Waals surface area contributed by atoms with Gasteiger partial charge in [-0.3, -0.25) is 37.1 Å². The van der Waals surface area contributed by atoms with Gasteiger partial charge >= 0.3 is 28.2 Å². The molecule has 0 amide bonds. The van der Waals surface area contributed by atoms with Crippen LogP contribution in [0.4, 0.5) is 4.39 Å². The molecule has 0 aliphatic carbocycles. The molecule has 0 radical (unpaired) electrons. The van der Waals surface area contributed by atoms with E-state index in [-0.39, 0.29) is 43.0 Å². The summed E-state index contributed by atoms with van der Waals surface area (Å²) >= 11 is 9.89. The van der Waals surface area contributed by atoms with Crippen LogP contribution in [0, 0.1) is 9.28 Å². The summed E-state index contributed by atoms with van der Waals surface area (Å²) in [6, 6.07) is 14.3. The Balaban J connectivity index is 0.000000185. The monoisotopic (exact) mass is 871 g/mol. The number of H-pyrrole nitrogens is 2. The molecule has 0 saturated carbocycles. The van der Waals surface area contributed by atoms with Gasteiger partial charge in [-0.25, -0.2) is 9.59 Å². The van der Waals surface area contributed by atoms with Gasteiger partial charge in [0.05, 0.1) is 46.8 Å². The van der Waals surface area contributed by atoms with Crippen molar-refractivity contribution >= 4 is 41.2 Å². The summed E-state index contributed by atoms with van der Waals surface area (Å²) in [5, 5.41) is 0. The molecule has 17 nitrogen and oxygen atoms in total. The minimum Gasteiger partial charge on any atom is -0.493 e. The van der Waals surface area contributed by atoms with Gasteiger partial charge in [0.1, 0.15) is 35.0 Å². The largest absolute Gasteiger partial charge is 0.619 e. The van der Waals surface area contributed by atoms with Crippen molar-refractivity contribution in [3.63, 3.8) is 0 Å². The topological polar surface area (TPSA) is 188 Å². The van der Waals surface area contributed by atoms with Gasteiger partial charge in [0, 0.05) is 23.5 Å². The molecule has 6 unspecified atom stereocenters. The zero-order valence-electron chi connectivity index (χ0n) is 31.1. The first-order chi connectivity index (χ1) is 27.6. The molecule has 0 spiro atoms. The Labute approximate surface area is 338 Å². The molecule has 57 heavy (non-hydrogen) atoms. The van der Waals surface area contributed by atoms with Crippen LogP contribution in [-0.2, 0) is 40.8 Å². The minimum atomic E-state index is -3.54. The number of nitrogens with zero attached hydrogens (tertiary/aromatic N) is 2. The molecular weight excluding hydrogens is 829 g/mol. The number of rotatable bonds is 10. The van der Waals surface area contributed by atoms with Gasteiger partial charge in [-0.2, -0.15) is 4.89 Å². The summed E-state index contributed by atoms with van der Waals surface area (Å²) in [7, 11) is -1.44. The number of halogens is 1. The third-order valence-corrected chi connectivity index (χ3v) is 11.8. The lowest BCUT2D eigenvalue weighted by molar-refractivity contribution is -0.0302. The fourth-order valence-electron chi connectivity index (χ4n) is 6.18. The highest BCUT2D eigenvalue weighted by atomic mass is 32.1. The van der Waals surface area contributed by atoms with E-state index in [1.54, 1.807) is 37.7 Å². The number of methoxy groups -OCH3 is 2. The van der Waals surface area contributed by atoms with Crippen LogP contribution in [0.25, 0.3) is 0 Å². The third kappa shape index (κ3) is 10.7. The number of hydrogen-bond acceptors (Lipinski definition) is 15. The molecule has 2 aromatic heterocycles. The van der Waals surface area contributed by atoms with Crippen molar-refractivity contribution in [1.29, 1.82) is 0 Å². The Morgan fingerprint density at radius 2 is 1.35 bits per heavy atom. The molecule has 2 aromatic carbocycles. The van der Waals surface area contributed by atoms with Crippen molar-refractivity contribution < 1.29 is 55.4 Å². The maximum Gasteiger partial charge on any atom is 0.619 e. The van der Waals surface area contributed by atoms with Crippen molar-refractivity contribution in [2.45, 2.75) is 63.6 Å². The van der Waals surface area contributed by atoms with Crippen LogP contribution in [0.5, 0.6) is 23.0 Å². The number of alkyl halides is 1. The summed E-state index contributed by atoms with van der Waals surface area (Å²) in [6.07, 6.45) is 4.83. The number of benzene rings is 2. The second-order valence-corrected chi connectivity index (χ2v) is 16.2. The van der Waals surface area contributed by atoms with Gasteiger partial charge in [-0.05, 0) is 49.9 Å². The molecule has 4 aliphatic heterocycles. The molecule has 22 heteroatoms. The Kier molecular flexibility index (Phi) is 15.0. The number of aromatic amines is 2. The number of fused-ring (bicyclic) bond motifs is 2. The lowest BCUT2D eigenvalue weighted by atomic mass is 10.2. The predicted octanol–water partition coefficient (Wildman–Crippen LogP) is 6.92. The summed E-state index contributed by atoms with van der Waals surface area (Å²) in [6.45, 7) is 0.960. The first-order valence-corrected chi connectivity index (χ1v) is 21.0. The highest BCUT2D eigenvalue weighted by Gasteiger charge is 2.52. The average Bonchev–Trinajstić information content (AvgIpc) is 3.90. The summed E-state index contributed by atoms with van der Waals surface area (Å²) in [5.74, 6) is 2.24. The van der Waals surface area contributed by atoms with Crippen molar-refractivity contribution in [2.75, 3.05) is 34.6 Å². The van der Waals surface area contributed by atoms with E-state index in [0.717, 1.165) is 24.0 Å². The van der Waals surface area contributed by atoms with Crippen LogP contribution in [0.3, 0.4) is 0 Å². The SMILES string of the molecule is CF.COc1cccc2c1OP(OCC1CCC(n3ccc(=S)[nH]c3=O)O1)OC2.COc1cccc2c1O[P+](O)(OCC1CCC(n3ccc(=S)[nH]c3=O)O1)OC2. The van der Waals surface area contributed by atoms with E-state index < -0.39 is 23.0 Å². The summed E-state index contributed by atoms with van der Waals surface area (Å²) < 4.78 is 69.5. The number of hydrogen-bond donors (Lipinski definition) is 3. The molecule has 6 heterocycles. The van der Waals surface area contributed by atoms with Gasteiger partial charge in [0.25, 0.3) is 0 Å². The maximum atomic E-state index is 12.0. The number of ether oxygens (including phenoxy) is 4. The average molecular weight is 872 g/mol. The highest BCUT2D eigenvalue weighted by Crippen LogP contribution is 2.63. The molecule has 8 rings (SSSR count). The smallest absolute Gasteiger partial charge is 0.493 e. The Bertz CT molecular complexity index is 2200. The zero-order valence-corrected chi connectivity index (χ0v) is 34.5. The summed E-state index contributed by atoms with van der Waals surface area (Å²) in [5.41, 5.74) is 1.09. The lowest BCUT2D eigenvalue weighted by Gasteiger charge is -2.25. The fourth-order valence-corrected chi connectivity index (χ4v) is 8.82. The Hall–Kier alpha value is -3.65. The van der Waals surface area contributed by atoms with E-state index in [9.17, 15) is 18.9 Å². The lowest BCUT2D eigenvalue weighted by Crippen LogP contribution is -2.27. The predicted molar refractivity (Wildman–Crippen MR) is 210 cm³/mol. The molecular formula is C35H42FN4O13P2S2+. The van der Waals surface area contributed by atoms with Crippen LogP contribution in [0.2, 0.25) is 0 Å². The van der Waals surface area contributed by atoms with Crippen molar-refractivity contribution in [1.82, 2.24) is 19.1 Å². The molecule has 308 valence electrons. The van der Waals surface area contributed by atoms with Crippen molar-refractivity contribution in [3.8, 4) is 23.0 Å². The fraction of sp³-hybridized carbons (Fsp3) is 0.429. The first kappa shape index (κ1) is 42.9. The van der Waals surface area contributed by atoms with Crippen LogP contribution in [0.1, 0.15) is 49.3 Å². The second kappa shape index (κ2) is 19.9. The maximum absolute atomic E-state index is 12.0. The van der Waals surface area contributed by atoms with E-state index in [4.69, 9.17) is 70.5 Å². The quantitative estimate of drug-likeness (QED) is 0.110. The van der Waals surface area contributed by atoms with Gasteiger partial charge in [-0.1, -0.05) is 48.7 Å². The third-order valence-electron chi connectivity index (χ3n) is 8.92. The minimum absolute atomic E-state index is 0.0723.